The Balaban J connectivity index is 1.13. The number of hydrogen-bond donors (Lipinski definition) is 1. The molecule has 0 amide bonds. The summed E-state index contributed by atoms with van der Waals surface area (Å²) >= 11 is 0. The highest BCUT2D eigenvalue weighted by Crippen LogP contribution is 2.42. The van der Waals surface area contributed by atoms with E-state index < -0.39 is 0 Å². The standard InChI is InChI=1S/C45H30N4/c46-27-31-25-30(33-11-1-6-16-40(33)49-43-19-9-4-14-36(43)37-15-5-10-20-44(37)49)26-38(39-28-47-39)45(31)29-21-23-32(24-22-29)48-41-17-7-2-12-34(41)35-13-3-8-18-42(35)48/h1-26,39,47H,28H2. The zero-order valence-electron chi connectivity index (χ0n) is 26.6. The summed E-state index contributed by atoms with van der Waals surface area (Å²) in [5, 5.41) is 19.2. The van der Waals surface area contributed by atoms with Gasteiger partial charge in [-0.15, -0.1) is 0 Å². The van der Waals surface area contributed by atoms with Crippen LogP contribution in [0.4, 0.5) is 0 Å². The summed E-state index contributed by atoms with van der Waals surface area (Å²) in [6.07, 6.45) is 0. The quantitative estimate of drug-likeness (QED) is 0.193. The van der Waals surface area contributed by atoms with Crippen LogP contribution in [0.25, 0.3) is 77.2 Å². The smallest absolute Gasteiger partial charge is 0.0998 e. The van der Waals surface area contributed by atoms with E-state index in [-0.39, 0.29) is 6.04 Å². The van der Waals surface area contributed by atoms with Gasteiger partial charge in [0.15, 0.2) is 0 Å². The molecule has 230 valence electrons. The number of nitriles is 1. The van der Waals surface area contributed by atoms with E-state index in [1.165, 1.54) is 43.6 Å². The van der Waals surface area contributed by atoms with Crippen molar-refractivity contribution in [2.24, 2.45) is 0 Å². The fourth-order valence-electron chi connectivity index (χ4n) is 7.86. The largest absolute Gasteiger partial charge is 0.309 e. The average molecular weight is 627 g/mol. The molecular formula is C45H30N4. The molecule has 1 aliphatic rings. The number of aromatic nitrogens is 2. The van der Waals surface area contributed by atoms with Crippen LogP contribution in [0.2, 0.25) is 0 Å². The molecule has 1 N–H and O–H groups in total. The lowest BCUT2D eigenvalue weighted by molar-refractivity contribution is 1.08. The highest BCUT2D eigenvalue weighted by molar-refractivity contribution is 6.10. The van der Waals surface area contributed by atoms with Crippen molar-refractivity contribution in [2.45, 2.75) is 6.04 Å². The number of nitrogens with one attached hydrogen (secondary N) is 1. The lowest BCUT2D eigenvalue weighted by Gasteiger charge is -2.18. The molecule has 7 aromatic carbocycles. The third kappa shape index (κ3) is 4.27. The Morgan fingerprint density at radius 1 is 0.531 bits per heavy atom. The molecule has 9 aromatic rings. The monoisotopic (exact) mass is 626 g/mol. The minimum absolute atomic E-state index is 0.208. The van der Waals surface area contributed by atoms with Crippen molar-refractivity contribution >= 4 is 43.6 Å². The third-order valence-electron chi connectivity index (χ3n) is 10.1. The molecule has 1 fully saturated rings. The van der Waals surface area contributed by atoms with E-state index in [4.69, 9.17) is 0 Å². The van der Waals surface area contributed by atoms with Crippen LogP contribution < -0.4 is 5.32 Å². The Bertz CT molecular complexity index is 2680. The SMILES string of the molecule is N#Cc1cc(-c2ccccc2-n2c3ccccc3c3ccccc32)cc(C2CN2)c1-c1ccc(-n2c3ccccc3c3ccccc32)cc1. The summed E-state index contributed by atoms with van der Waals surface area (Å²) in [5.74, 6) is 0. The summed E-state index contributed by atoms with van der Waals surface area (Å²) in [5.41, 5.74) is 12.9. The maximum atomic E-state index is 10.7. The second-order valence-corrected chi connectivity index (χ2v) is 12.9. The normalized spacial score (nSPS) is 14.1. The van der Waals surface area contributed by atoms with Gasteiger partial charge in [0, 0.05) is 50.9 Å². The van der Waals surface area contributed by atoms with E-state index in [1.54, 1.807) is 0 Å². The van der Waals surface area contributed by atoms with Gasteiger partial charge >= 0.3 is 0 Å². The van der Waals surface area contributed by atoms with Gasteiger partial charge in [-0.1, -0.05) is 103 Å². The molecule has 2 aromatic heterocycles. The molecule has 1 aliphatic heterocycles. The number of nitrogens with zero attached hydrogens (tertiary/aromatic N) is 3. The minimum Gasteiger partial charge on any atom is -0.309 e. The van der Waals surface area contributed by atoms with Gasteiger partial charge in [0.05, 0.1) is 39.4 Å². The van der Waals surface area contributed by atoms with Gasteiger partial charge < -0.3 is 14.5 Å². The van der Waals surface area contributed by atoms with E-state index >= 15 is 0 Å². The third-order valence-corrected chi connectivity index (χ3v) is 10.1. The van der Waals surface area contributed by atoms with Gasteiger partial charge in [-0.2, -0.15) is 5.26 Å². The van der Waals surface area contributed by atoms with Crippen molar-refractivity contribution in [3.63, 3.8) is 0 Å². The first-order valence-electron chi connectivity index (χ1n) is 16.8. The predicted molar refractivity (Wildman–Crippen MR) is 201 cm³/mol. The van der Waals surface area contributed by atoms with Crippen LogP contribution in [0.3, 0.4) is 0 Å². The second-order valence-electron chi connectivity index (χ2n) is 12.9. The van der Waals surface area contributed by atoms with Crippen LogP contribution in [0.5, 0.6) is 0 Å². The van der Waals surface area contributed by atoms with Crippen LogP contribution in [-0.2, 0) is 0 Å². The Morgan fingerprint density at radius 3 is 1.55 bits per heavy atom. The fourth-order valence-corrected chi connectivity index (χ4v) is 7.86. The maximum Gasteiger partial charge on any atom is 0.0998 e. The first-order valence-corrected chi connectivity index (χ1v) is 16.8. The molecule has 3 heterocycles. The van der Waals surface area contributed by atoms with Crippen molar-refractivity contribution in [1.29, 1.82) is 5.26 Å². The summed E-state index contributed by atoms with van der Waals surface area (Å²) in [6.45, 7) is 0.898. The summed E-state index contributed by atoms with van der Waals surface area (Å²) < 4.78 is 4.69. The molecule has 4 nitrogen and oxygen atoms in total. The van der Waals surface area contributed by atoms with Crippen LogP contribution in [0.1, 0.15) is 17.2 Å². The summed E-state index contributed by atoms with van der Waals surface area (Å²) in [7, 11) is 0. The van der Waals surface area contributed by atoms with E-state index in [1.807, 2.05) is 0 Å². The second kappa shape index (κ2) is 10.8. The minimum atomic E-state index is 0.208. The molecule has 0 aliphatic carbocycles. The number of para-hydroxylation sites is 5. The maximum absolute atomic E-state index is 10.7. The van der Waals surface area contributed by atoms with Gasteiger partial charge in [-0.25, -0.2) is 0 Å². The molecule has 0 spiro atoms. The van der Waals surface area contributed by atoms with Crippen molar-refractivity contribution in [3.05, 3.63) is 169 Å². The molecular weight excluding hydrogens is 597 g/mol. The molecule has 1 unspecified atom stereocenters. The summed E-state index contributed by atoms with van der Waals surface area (Å²) in [4.78, 5) is 0. The number of hydrogen-bond acceptors (Lipinski definition) is 2. The van der Waals surface area contributed by atoms with Crippen LogP contribution >= 0.6 is 0 Å². The Morgan fingerprint density at radius 2 is 1.02 bits per heavy atom. The number of rotatable bonds is 5. The van der Waals surface area contributed by atoms with Gasteiger partial charge in [-0.05, 0) is 71.3 Å². The average Bonchev–Trinajstić information content (AvgIpc) is 3.89. The van der Waals surface area contributed by atoms with Gasteiger partial charge in [0.2, 0.25) is 0 Å². The topological polar surface area (TPSA) is 55.6 Å². The van der Waals surface area contributed by atoms with E-state index in [2.05, 4.69) is 178 Å². The Labute approximate surface area is 283 Å². The first-order chi connectivity index (χ1) is 24.3. The molecule has 4 heteroatoms. The van der Waals surface area contributed by atoms with E-state index in [0.29, 0.717) is 5.56 Å². The fraction of sp³-hybridized carbons (Fsp3) is 0.0444. The molecule has 0 saturated carbocycles. The Kier molecular flexibility index (Phi) is 6.11. The highest BCUT2D eigenvalue weighted by Gasteiger charge is 2.29. The lowest BCUT2D eigenvalue weighted by Crippen LogP contribution is -2.00. The predicted octanol–water partition coefficient (Wildman–Crippen LogP) is 10.7. The van der Waals surface area contributed by atoms with Gasteiger partial charge in [0.1, 0.15) is 0 Å². The van der Waals surface area contributed by atoms with Crippen molar-refractivity contribution < 1.29 is 0 Å². The zero-order valence-corrected chi connectivity index (χ0v) is 26.6. The molecule has 49 heavy (non-hydrogen) atoms. The number of benzene rings is 7. The summed E-state index contributed by atoms with van der Waals surface area (Å²) in [6, 6.07) is 58.8. The van der Waals surface area contributed by atoms with E-state index in [0.717, 1.165) is 45.7 Å². The van der Waals surface area contributed by atoms with Crippen LogP contribution in [-0.4, -0.2) is 15.7 Å². The molecule has 10 rings (SSSR count). The molecule has 0 radical (unpaired) electrons. The van der Waals surface area contributed by atoms with E-state index in [9.17, 15) is 5.26 Å². The molecule has 1 atom stereocenters. The van der Waals surface area contributed by atoms with Crippen molar-refractivity contribution in [3.8, 4) is 39.7 Å². The van der Waals surface area contributed by atoms with Crippen LogP contribution in [0.15, 0.2) is 158 Å². The van der Waals surface area contributed by atoms with Gasteiger partial charge in [-0.3, -0.25) is 0 Å². The number of fused-ring (bicyclic) bond motifs is 6. The van der Waals surface area contributed by atoms with Crippen LogP contribution in [0, 0.1) is 11.3 Å². The molecule has 1 saturated heterocycles. The highest BCUT2D eigenvalue weighted by atomic mass is 15.1. The molecule has 0 bridgehead atoms. The Hall–Kier alpha value is -6.41. The van der Waals surface area contributed by atoms with Gasteiger partial charge in [0.25, 0.3) is 0 Å². The van der Waals surface area contributed by atoms with Crippen molar-refractivity contribution in [1.82, 2.24) is 14.5 Å². The zero-order chi connectivity index (χ0) is 32.5. The van der Waals surface area contributed by atoms with Crippen molar-refractivity contribution in [2.75, 3.05) is 6.54 Å². The lowest BCUT2D eigenvalue weighted by atomic mass is 9.88. The first kappa shape index (κ1) is 27.7.